The average molecular weight is 373 g/mol. The van der Waals surface area contributed by atoms with Gasteiger partial charge in [-0.2, -0.15) is 5.10 Å². The number of hydrogen-bond donors (Lipinski definition) is 1. The highest BCUT2D eigenvalue weighted by molar-refractivity contribution is 6.34. The zero-order valence-electron chi connectivity index (χ0n) is 13.5. The van der Waals surface area contributed by atoms with Gasteiger partial charge in [-0.1, -0.05) is 17.7 Å². The van der Waals surface area contributed by atoms with Crippen molar-refractivity contribution >= 4 is 28.9 Å². The number of carbonyl (C=O) groups excluding carboxylic acids is 1. The summed E-state index contributed by atoms with van der Waals surface area (Å²) in [5, 5.41) is 18.0. The van der Waals surface area contributed by atoms with E-state index in [9.17, 15) is 14.9 Å². The van der Waals surface area contributed by atoms with Crippen LogP contribution in [0.25, 0.3) is 5.69 Å². The van der Waals surface area contributed by atoms with Gasteiger partial charge in [0.2, 0.25) is 0 Å². The number of nitrogens with zero attached hydrogens (tertiary/aromatic N) is 3. The highest BCUT2D eigenvalue weighted by Gasteiger charge is 2.14. The normalized spacial score (nSPS) is 10.4. The molecular weight excluding hydrogens is 360 g/mol. The molecule has 1 aromatic heterocycles. The molecule has 0 spiro atoms. The van der Waals surface area contributed by atoms with Crippen LogP contribution in [0.5, 0.6) is 5.75 Å². The number of ether oxygens (including phenoxy) is 1. The molecule has 26 heavy (non-hydrogen) atoms. The van der Waals surface area contributed by atoms with Crippen molar-refractivity contribution in [3.05, 3.63) is 75.6 Å². The Hall–Kier alpha value is -3.39. The lowest BCUT2D eigenvalue weighted by molar-refractivity contribution is -0.384. The van der Waals surface area contributed by atoms with Gasteiger partial charge in [-0.25, -0.2) is 4.68 Å². The lowest BCUT2D eigenvalue weighted by atomic mass is 10.3. The first kappa shape index (κ1) is 17.4. The van der Waals surface area contributed by atoms with Gasteiger partial charge in [0.05, 0.1) is 28.4 Å². The molecule has 0 atom stereocenters. The van der Waals surface area contributed by atoms with Gasteiger partial charge in [0.1, 0.15) is 5.75 Å². The van der Waals surface area contributed by atoms with Crippen LogP contribution in [0.1, 0.15) is 10.5 Å². The van der Waals surface area contributed by atoms with Crippen molar-refractivity contribution in [1.82, 2.24) is 9.78 Å². The molecule has 1 heterocycles. The van der Waals surface area contributed by atoms with E-state index in [2.05, 4.69) is 10.4 Å². The second-order valence-electron chi connectivity index (χ2n) is 5.22. The Kier molecular flexibility index (Phi) is 4.85. The summed E-state index contributed by atoms with van der Waals surface area (Å²) >= 11 is 6.10. The molecule has 3 aromatic rings. The van der Waals surface area contributed by atoms with E-state index in [4.69, 9.17) is 16.3 Å². The van der Waals surface area contributed by atoms with E-state index in [1.54, 1.807) is 36.5 Å². The monoisotopic (exact) mass is 372 g/mol. The van der Waals surface area contributed by atoms with Gasteiger partial charge < -0.3 is 10.1 Å². The maximum Gasteiger partial charge on any atom is 0.276 e. The first-order chi connectivity index (χ1) is 12.5. The molecule has 0 radical (unpaired) electrons. The molecule has 0 fully saturated rings. The third kappa shape index (κ3) is 3.65. The number of nitro benzene ring substituents is 1. The lowest BCUT2D eigenvalue weighted by Crippen LogP contribution is -2.13. The number of benzene rings is 2. The predicted octanol–water partition coefficient (Wildman–Crippen LogP) is 3.69. The number of non-ortho nitro benzene ring substituents is 1. The first-order valence-corrected chi connectivity index (χ1v) is 7.81. The number of amides is 1. The van der Waals surface area contributed by atoms with Gasteiger partial charge >= 0.3 is 0 Å². The van der Waals surface area contributed by atoms with Gasteiger partial charge in [-0.15, -0.1) is 0 Å². The summed E-state index contributed by atoms with van der Waals surface area (Å²) in [6, 6.07) is 12.3. The van der Waals surface area contributed by atoms with Crippen molar-refractivity contribution in [2.45, 2.75) is 0 Å². The molecule has 1 amide bonds. The van der Waals surface area contributed by atoms with Crippen LogP contribution in [0.3, 0.4) is 0 Å². The lowest BCUT2D eigenvalue weighted by Gasteiger charge is -2.07. The summed E-state index contributed by atoms with van der Waals surface area (Å²) in [7, 11) is 1.52. The highest BCUT2D eigenvalue weighted by Crippen LogP contribution is 2.27. The summed E-state index contributed by atoms with van der Waals surface area (Å²) < 4.78 is 6.44. The molecule has 0 saturated heterocycles. The Labute approximate surface area is 153 Å². The van der Waals surface area contributed by atoms with E-state index >= 15 is 0 Å². The molecule has 0 bridgehead atoms. The smallest absolute Gasteiger partial charge is 0.276 e. The zero-order valence-corrected chi connectivity index (χ0v) is 14.3. The SMILES string of the molecule is COc1ccc(NC(=O)c2ccn(-c3cccc([N+](=O)[O-])c3)n2)c(Cl)c1. The number of rotatable bonds is 5. The van der Waals surface area contributed by atoms with Crippen molar-refractivity contribution in [1.29, 1.82) is 0 Å². The third-order valence-corrected chi connectivity index (χ3v) is 3.86. The van der Waals surface area contributed by atoms with Crippen LogP contribution in [0, 0.1) is 10.1 Å². The van der Waals surface area contributed by atoms with E-state index < -0.39 is 10.8 Å². The Morgan fingerprint density at radius 1 is 1.27 bits per heavy atom. The molecule has 0 aliphatic carbocycles. The topological polar surface area (TPSA) is 99.3 Å². The second-order valence-corrected chi connectivity index (χ2v) is 5.63. The third-order valence-electron chi connectivity index (χ3n) is 3.55. The number of anilines is 1. The summed E-state index contributed by atoms with van der Waals surface area (Å²) in [4.78, 5) is 22.7. The Morgan fingerprint density at radius 2 is 2.08 bits per heavy atom. The minimum absolute atomic E-state index is 0.0611. The van der Waals surface area contributed by atoms with Crippen LogP contribution in [-0.4, -0.2) is 27.7 Å². The Morgan fingerprint density at radius 3 is 2.77 bits per heavy atom. The number of methoxy groups -OCH3 is 1. The van der Waals surface area contributed by atoms with E-state index in [0.717, 1.165) is 0 Å². The molecule has 0 aliphatic heterocycles. The summed E-state index contributed by atoms with van der Waals surface area (Å²) in [5.74, 6) is 0.115. The van der Waals surface area contributed by atoms with Crippen molar-refractivity contribution in [2.24, 2.45) is 0 Å². The Balaban J connectivity index is 1.80. The van der Waals surface area contributed by atoms with Crippen molar-refractivity contribution in [3.8, 4) is 11.4 Å². The number of aromatic nitrogens is 2. The zero-order chi connectivity index (χ0) is 18.7. The molecule has 0 unspecified atom stereocenters. The number of halogens is 1. The predicted molar refractivity (Wildman–Crippen MR) is 96.2 cm³/mol. The molecule has 1 N–H and O–H groups in total. The molecule has 132 valence electrons. The van der Waals surface area contributed by atoms with Crippen LogP contribution in [0.2, 0.25) is 5.02 Å². The summed E-state index contributed by atoms with van der Waals surface area (Å²) in [6.07, 6.45) is 1.55. The molecule has 0 aliphatic rings. The molecular formula is C17H13ClN4O4. The maximum absolute atomic E-state index is 12.4. The van der Waals surface area contributed by atoms with E-state index in [0.29, 0.717) is 22.1 Å². The maximum atomic E-state index is 12.4. The summed E-state index contributed by atoms with van der Waals surface area (Å²) in [5.41, 5.74) is 0.973. The van der Waals surface area contributed by atoms with Gasteiger partial charge in [-0.05, 0) is 24.3 Å². The van der Waals surface area contributed by atoms with E-state index in [1.165, 1.54) is 30.0 Å². The fourth-order valence-corrected chi connectivity index (χ4v) is 2.47. The van der Waals surface area contributed by atoms with Crippen molar-refractivity contribution < 1.29 is 14.5 Å². The first-order valence-electron chi connectivity index (χ1n) is 7.43. The fourth-order valence-electron chi connectivity index (χ4n) is 2.25. The quantitative estimate of drug-likeness (QED) is 0.543. The van der Waals surface area contributed by atoms with Crippen molar-refractivity contribution in [3.63, 3.8) is 0 Å². The number of nitro groups is 1. The second kappa shape index (κ2) is 7.24. The standard InChI is InChI=1S/C17H13ClN4O4/c1-26-13-5-6-15(14(18)10-13)19-17(23)16-7-8-21(20-16)11-3-2-4-12(9-11)22(24)25/h2-10H,1H3,(H,19,23). The van der Waals surface area contributed by atoms with Crippen LogP contribution in [0.4, 0.5) is 11.4 Å². The average Bonchev–Trinajstić information content (AvgIpc) is 3.13. The number of nitrogens with one attached hydrogen (secondary N) is 1. The minimum atomic E-state index is -0.494. The van der Waals surface area contributed by atoms with Crippen molar-refractivity contribution in [2.75, 3.05) is 12.4 Å². The fraction of sp³-hybridized carbons (Fsp3) is 0.0588. The molecule has 2 aromatic carbocycles. The van der Waals surface area contributed by atoms with Crippen LogP contribution in [-0.2, 0) is 0 Å². The largest absolute Gasteiger partial charge is 0.497 e. The molecule has 3 rings (SSSR count). The van der Waals surface area contributed by atoms with Gasteiger partial charge in [0.25, 0.3) is 11.6 Å². The number of hydrogen-bond acceptors (Lipinski definition) is 5. The van der Waals surface area contributed by atoms with E-state index in [1.807, 2.05) is 0 Å². The summed E-state index contributed by atoms with van der Waals surface area (Å²) in [6.45, 7) is 0. The van der Waals surface area contributed by atoms with Crippen LogP contribution in [0.15, 0.2) is 54.7 Å². The highest BCUT2D eigenvalue weighted by atomic mass is 35.5. The minimum Gasteiger partial charge on any atom is -0.497 e. The van der Waals surface area contributed by atoms with Crippen LogP contribution >= 0.6 is 11.6 Å². The van der Waals surface area contributed by atoms with Gasteiger partial charge in [0, 0.05) is 24.4 Å². The van der Waals surface area contributed by atoms with Gasteiger partial charge in [-0.3, -0.25) is 14.9 Å². The van der Waals surface area contributed by atoms with Gasteiger partial charge in [0.15, 0.2) is 5.69 Å². The Bertz CT molecular complexity index is 986. The van der Waals surface area contributed by atoms with E-state index in [-0.39, 0.29) is 11.4 Å². The molecule has 9 heteroatoms. The number of carbonyl (C=O) groups is 1. The van der Waals surface area contributed by atoms with Crippen LogP contribution < -0.4 is 10.1 Å². The molecule has 8 nitrogen and oxygen atoms in total. The molecule has 0 saturated carbocycles.